The summed E-state index contributed by atoms with van der Waals surface area (Å²) in [6.45, 7) is 9.09. The molecule has 0 aromatic heterocycles. The van der Waals surface area contributed by atoms with Crippen LogP contribution in [0, 0.1) is 29.1 Å². The van der Waals surface area contributed by atoms with Crippen LogP contribution in [-0.4, -0.2) is 20.0 Å². The molecule has 0 amide bonds. The Morgan fingerprint density at radius 2 is 1.78 bits per heavy atom. The topological polar surface area (TPSA) is 18.5 Å². The maximum absolute atomic E-state index is 5.95. The Labute approximate surface area is 111 Å². The van der Waals surface area contributed by atoms with Crippen LogP contribution in [0.2, 0.25) is 0 Å². The van der Waals surface area contributed by atoms with Gasteiger partial charge in [-0.25, -0.2) is 0 Å². The fourth-order valence-corrected chi connectivity index (χ4v) is 5.42. The lowest BCUT2D eigenvalue weighted by atomic mass is 9.81. The molecule has 0 saturated heterocycles. The molecule has 2 heteroatoms. The molecule has 0 spiro atoms. The zero-order valence-electron chi connectivity index (χ0n) is 12.2. The molecule has 0 aliphatic heterocycles. The summed E-state index contributed by atoms with van der Waals surface area (Å²) in [5.74, 6) is 2.10. The highest BCUT2D eigenvalue weighted by atomic mass is 16.7. The van der Waals surface area contributed by atoms with Gasteiger partial charge in [0.2, 0.25) is 0 Å². The average molecular weight is 250 g/mol. The fraction of sp³-hybridized carbons (Fsp3) is 0.875. The van der Waals surface area contributed by atoms with Crippen molar-refractivity contribution in [2.24, 2.45) is 29.1 Å². The number of fused-ring (bicyclic) bond motifs is 3. The lowest BCUT2D eigenvalue weighted by Gasteiger charge is -2.38. The highest BCUT2D eigenvalue weighted by Gasteiger charge is 2.66. The number of methoxy groups -OCH3 is 2. The van der Waals surface area contributed by atoms with Crippen molar-refractivity contribution < 1.29 is 9.47 Å². The van der Waals surface area contributed by atoms with Crippen LogP contribution in [0.4, 0.5) is 0 Å². The highest BCUT2D eigenvalue weighted by Crippen LogP contribution is 2.67. The van der Waals surface area contributed by atoms with Crippen molar-refractivity contribution in [2.75, 3.05) is 14.2 Å². The predicted octanol–water partition coefficient (Wildman–Crippen LogP) is 3.62. The van der Waals surface area contributed by atoms with Gasteiger partial charge in [-0.3, -0.25) is 0 Å². The monoisotopic (exact) mass is 250 g/mol. The molecule has 0 aromatic carbocycles. The van der Waals surface area contributed by atoms with Crippen molar-refractivity contribution in [2.45, 2.75) is 45.3 Å². The molecule has 18 heavy (non-hydrogen) atoms. The first-order valence-corrected chi connectivity index (χ1v) is 7.23. The zero-order chi connectivity index (χ0) is 13.1. The lowest BCUT2D eigenvalue weighted by Crippen LogP contribution is -2.44. The molecule has 0 N–H and O–H groups in total. The first kappa shape index (κ1) is 12.7. The zero-order valence-corrected chi connectivity index (χ0v) is 12.2. The van der Waals surface area contributed by atoms with E-state index in [-0.39, 0.29) is 5.79 Å². The third-order valence-corrected chi connectivity index (χ3v) is 5.89. The van der Waals surface area contributed by atoms with E-state index in [0.29, 0.717) is 23.2 Å². The standard InChI is InChI=1S/C16H26O2/c1-10-6-7-12-14(10)11-8-15(2,3)9-13(11)16(12,17-4)18-5/h11-14H,1,6-9H2,2-5H3/t11-,12+,13+,14+/m1/s1. The summed E-state index contributed by atoms with van der Waals surface area (Å²) in [4.78, 5) is 0. The third-order valence-electron chi connectivity index (χ3n) is 5.89. The molecular formula is C16H26O2. The Balaban J connectivity index is 2.02. The molecule has 3 saturated carbocycles. The maximum atomic E-state index is 5.95. The van der Waals surface area contributed by atoms with E-state index in [9.17, 15) is 0 Å². The normalized spacial score (nSPS) is 44.1. The van der Waals surface area contributed by atoms with Crippen LogP contribution in [0.5, 0.6) is 0 Å². The van der Waals surface area contributed by atoms with Crippen molar-refractivity contribution >= 4 is 0 Å². The van der Waals surface area contributed by atoms with Crippen LogP contribution in [0.1, 0.15) is 39.5 Å². The molecule has 4 atom stereocenters. The van der Waals surface area contributed by atoms with Crippen LogP contribution in [0.3, 0.4) is 0 Å². The summed E-state index contributed by atoms with van der Waals surface area (Å²) in [6.07, 6.45) is 4.87. The molecule has 102 valence electrons. The van der Waals surface area contributed by atoms with Gasteiger partial charge in [0.25, 0.3) is 0 Å². The smallest absolute Gasteiger partial charge is 0.174 e. The van der Waals surface area contributed by atoms with Gasteiger partial charge in [0.05, 0.1) is 0 Å². The van der Waals surface area contributed by atoms with Crippen LogP contribution >= 0.6 is 0 Å². The van der Waals surface area contributed by atoms with Crippen LogP contribution < -0.4 is 0 Å². The van der Waals surface area contributed by atoms with Gasteiger partial charge in [0, 0.05) is 26.1 Å². The Morgan fingerprint density at radius 1 is 1.11 bits per heavy atom. The molecule has 0 bridgehead atoms. The lowest BCUT2D eigenvalue weighted by molar-refractivity contribution is -0.256. The summed E-state index contributed by atoms with van der Waals surface area (Å²) >= 11 is 0. The molecule has 0 radical (unpaired) electrons. The fourth-order valence-electron chi connectivity index (χ4n) is 5.42. The summed E-state index contributed by atoms with van der Waals surface area (Å²) < 4.78 is 11.9. The molecule has 2 nitrogen and oxygen atoms in total. The van der Waals surface area contributed by atoms with Crippen molar-refractivity contribution in [3.63, 3.8) is 0 Å². The second-order valence-corrected chi connectivity index (χ2v) is 7.30. The minimum absolute atomic E-state index is 0.345. The minimum atomic E-state index is -0.345. The summed E-state index contributed by atoms with van der Waals surface area (Å²) in [5, 5.41) is 0. The van der Waals surface area contributed by atoms with Crippen molar-refractivity contribution in [1.82, 2.24) is 0 Å². The molecule has 0 unspecified atom stereocenters. The summed E-state index contributed by atoms with van der Waals surface area (Å²) in [5.41, 5.74) is 1.87. The molecule has 3 rings (SSSR count). The number of allylic oxidation sites excluding steroid dienone is 1. The molecule has 3 aliphatic rings. The Bertz CT molecular complexity index is 367. The molecule has 3 aliphatic carbocycles. The number of hydrogen-bond donors (Lipinski definition) is 0. The number of ether oxygens (including phenoxy) is 2. The first-order chi connectivity index (χ1) is 8.45. The average Bonchev–Trinajstić information content (AvgIpc) is 2.89. The van der Waals surface area contributed by atoms with Gasteiger partial charge in [-0.1, -0.05) is 26.0 Å². The number of hydrogen-bond acceptors (Lipinski definition) is 2. The predicted molar refractivity (Wildman–Crippen MR) is 72.1 cm³/mol. The van der Waals surface area contributed by atoms with Crippen molar-refractivity contribution in [3.05, 3.63) is 12.2 Å². The van der Waals surface area contributed by atoms with E-state index < -0.39 is 0 Å². The Morgan fingerprint density at radius 3 is 2.39 bits per heavy atom. The first-order valence-electron chi connectivity index (χ1n) is 7.23. The van der Waals surface area contributed by atoms with E-state index in [1.807, 2.05) is 14.2 Å². The molecule has 0 aromatic rings. The van der Waals surface area contributed by atoms with Gasteiger partial charge in [-0.15, -0.1) is 0 Å². The second kappa shape index (κ2) is 3.83. The van der Waals surface area contributed by atoms with Crippen LogP contribution in [0.15, 0.2) is 12.2 Å². The van der Waals surface area contributed by atoms with Gasteiger partial charge in [-0.2, -0.15) is 0 Å². The van der Waals surface area contributed by atoms with E-state index in [2.05, 4.69) is 20.4 Å². The van der Waals surface area contributed by atoms with E-state index in [1.54, 1.807) is 0 Å². The maximum Gasteiger partial charge on any atom is 0.174 e. The van der Waals surface area contributed by atoms with Gasteiger partial charge in [0.15, 0.2) is 5.79 Å². The van der Waals surface area contributed by atoms with Gasteiger partial charge in [-0.05, 0) is 42.9 Å². The second-order valence-electron chi connectivity index (χ2n) is 7.30. The van der Waals surface area contributed by atoms with E-state index in [0.717, 1.165) is 12.3 Å². The van der Waals surface area contributed by atoms with E-state index in [1.165, 1.54) is 24.8 Å². The number of rotatable bonds is 2. The molecular weight excluding hydrogens is 224 g/mol. The van der Waals surface area contributed by atoms with Crippen molar-refractivity contribution in [1.29, 1.82) is 0 Å². The summed E-state index contributed by atoms with van der Waals surface area (Å²) in [6, 6.07) is 0. The SMILES string of the molecule is C=C1CC[C@H]2[C@@H]1[C@@H]1CC(C)(C)C[C@@H]1C2(OC)OC. The molecule has 3 fully saturated rings. The van der Waals surface area contributed by atoms with Crippen LogP contribution in [-0.2, 0) is 9.47 Å². The highest BCUT2D eigenvalue weighted by molar-refractivity contribution is 5.22. The summed E-state index contributed by atoms with van der Waals surface area (Å²) in [7, 11) is 3.66. The van der Waals surface area contributed by atoms with Gasteiger partial charge < -0.3 is 9.47 Å². The Kier molecular flexibility index (Phi) is 2.70. The third kappa shape index (κ3) is 1.42. The van der Waals surface area contributed by atoms with Crippen molar-refractivity contribution in [3.8, 4) is 0 Å². The van der Waals surface area contributed by atoms with Gasteiger partial charge in [0.1, 0.15) is 0 Å². The van der Waals surface area contributed by atoms with Crippen LogP contribution in [0.25, 0.3) is 0 Å². The quantitative estimate of drug-likeness (QED) is 0.550. The van der Waals surface area contributed by atoms with Gasteiger partial charge >= 0.3 is 0 Å². The largest absolute Gasteiger partial charge is 0.353 e. The Hall–Kier alpha value is -0.340. The van der Waals surface area contributed by atoms with E-state index in [4.69, 9.17) is 9.47 Å². The minimum Gasteiger partial charge on any atom is -0.353 e. The molecule has 0 heterocycles. The van der Waals surface area contributed by atoms with E-state index >= 15 is 0 Å².